The highest BCUT2D eigenvalue weighted by Gasteiger charge is 2.26. The van der Waals surface area contributed by atoms with Crippen molar-refractivity contribution in [3.63, 3.8) is 0 Å². The van der Waals surface area contributed by atoms with E-state index in [4.69, 9.17) is 4.74 Å². The van der Waals surface area contributed by atoms with Gasteiger partial charge in [0, 0.05) is 38.3 Å². The van der Waals surface area contributed by atoms with E-state index in [1.165, 1.54) is 11.1 Å². The largest absolute Gasteiger partial charge is 0.380 e. The van der Waals surface area contributed by atoms with Crippen LogP contribution in [0.15, 0.2) is 48.5 Å². The number of hydrogen-bond acceptors (Lipinski definition) is 3. The van der Waals surface area contributed by atoms with Gasteiger partial charge in [-0.1, -0.05) is 50.2 Å². The molecule has 0 saturated carbocycles. The number of ether oxygens (including phenoxy) is 1. The fourth-order valence-corrected chi connectivity index (χ4v) is 3.81. The fraction of sp³-hybridized carbons (Fsp3) is 0.435. The molecule has 0 fully saturated rings. The Kier molecular flexibility index (Phi) is 6.64. The molecule has 0 aliphatic carbocycles. The number of hydrogen-bond donors (Lipinski definition) is 1. The molecule has 144 valence electrons. The Bertz CT molecular complexity index is 755. The number of benzene rings is 2. The first-order chi connectivity index (χ1) is 13.1. The van der Waals surface area contributed by atoms with Gasteiger partial charge in [0.05, 0.1) is 6.61 Å². The molecule has 0 bridgehead atoms. The molecule has 4 nitrogen and oxygen atoms in total. The second kappa shape index (κ2) is 9.16. The van der Waals surface area contributed by atoms with Gasteiger partial charge in [0.2, 0.25) is 0 Å². The van der Waals surface area contributed by atoms with Crippen molar-refractivity contribution in [3.05, 3.63) is 70.8 Å². The number of carbonyl (C=O) groups is 1. The Morgan fingerprint density at radius 3 is 2.48 bits per heavy atom. The summed E-state index contributed by atoms with van der Waals surface area (Å²) >= 11 is 0. The highest BCUT2D eigenvalue weighted by molar-refractivity contribution is 5.94. The Hall–Kier alpha value is -2.17. The lowest BCUT2D eigenvalue weighted by molar-refractivity contribution is 0.0904. The quantitative estimate of drug-likeness (QED) is 0.813. The molecule has 0 aromatic heterocycles. The van der Waals surface area contributed by atoms with Crippen molar-refractivity contribution >= 4 is 5.91 Å². The van der Waals surface area contributed by atoms with Gasteiger partial charge in [-0.3, -0.25) is 9.69 Å². The Morgan fingerprint density at radius 2 is 1.81 bits per heavy atom. The average molecular weight is 367 g/mol. The first kappa shape index (κ1) is 19.6. The molecule has 1 aliphatic heterocycles. The summed E-state index contributed by atoms with van der Waals surface area (Å²) in [5, 5.41) is 3.14. The maximum atomic E-state index is 12.6. The molecule has 1 aliphatic rings. The van der Waals surface area contributed by atoms with Gasteiger partial charge in [0.1, 0.15) is 0 Å². The van der Waals surface area contributed by atoms with Gasteiger partial charge in [-0.25, -0.2) is 0 Å². The summed E-state index contributed by atoms with van der Waals surface area (Å²) in [5.74, 6) is 0.460. The number of fused-ring (bicyclic) bond motifs is 1. The molecule has 0 radical (unpaired) electrons. The second-order valence-electron chi connectivity index (χ2n) is 7.64. The third-order valence-electron chi connectivity index (χ3n) is 5.40. The van der Waals surface area contributed by atoms with E-state index in [-0.39, 0.29) is 5.91 Å². The Balaban J connectivity index is 1.61. The van der Waals surface area contributed by atoms with Gasteiger partial charge in [-0.15, -0.1) is 0 Å². The minimum atomic E-state index is -0.0120. The summed E-state index contributed by atoms with van der Waals surface area (Å²) < 4.78 is 5.12. The average Bonchev–Trinajstić information content (AvgIpc) is 2.68. The molecule has 0 saturated heterocycles. The summed E-state index contributed by atoms with van der Waals surface area (Å²) in [5.41, 5.74) is 4.63. The van der Waals surface area contributed by atoms with Gasteiger partial charge in [0.25, 0.3) is 5.91 Å². The minimum absolute atomic E-state index is 0.0120. The predicted molar refractivity (Wildman–Crippen MR) is 109 cm³/mol. The van der Waals surface area contributed by atoms with E-state index in [9.17, 15) is 4.79 Å². The van der Waals surface area contributed by atoms with Crippen LogP contribution in [0.2, 0.25) is 0 Å². The van der Waals surface area contributed by atoms with Crippen LogP contribution in [0.25, 0.3) is 0 Å². The third kappa shape index (κ3) is 4.96. The van der Waals surface area contributed by atoms with Crippen molar-refractivity contribution in [1.29, 1.82) is 0 Å². The molecule has 1 amide bonds. The lowest BCUT2D eigenvalue weighted by Crippen LogP contribution is -2.48. The van der Waals surface area contributed by atoms with E-state index in [0.29, 0.717) is 30.7 Å². The van der Waals surface area contributed by atoms with Crippen LogP contribution in [0, 0.1) is 5.92 Å². The van der Waals surface area contributed by atoms with Crippen molar-refractivity contribution in [2.24, 2.45) is 5.92 Å². The zero-order chi connectivity index (χ0) is 19.2. The predicted octanol–water partition coefficient (Wildman–Crippen LogP) is 3.65. The summed E-state index contributed by atoms with van der Waals surface area (Å²) in [4.78, 5) is 15.1. The lowest BCUT2D eigenvalue weighted by Gasteiger charge is -2.38. The molecular weight excluding hydrogens is 336 g/mol. The fourth-order valence-electron chi connectivity index (χ4n) is 3.81. The maximum absolute atomic E-state index is 12.6. The molecule has 27 heavy (non-hydrogen) atoms. The van der Waals surface area contributed by atoms with Crippen molar-refractivity contribution in [2.75, 3.05) is 20.2 Å². The highest BCUT2D eigenvalue weighted by atomic mass is 16.5. The van der Waals surface area contributed by atoms with E-state index in [0.717, 1.165) is 25.1 Å². The van der Waals surface area contributed by atoms with Crippen LogP contribution < -0.4 is 5.32 Å². The lowest BCUT2D eigenvalue weighted by atomic mass is 9.95. The van der Waals surface area contributed by atoms with Crippen LogP contribution in [0.4, 0.5) is 0 Å². The van der Waals surface area contributed by atoms with E-state index in [2.05, 4.69) is 48.3 Å². The van der Waals surface area contributed by atoms with Crippen LogP contribution in [0.3, 0.4) is 0 Å². The SMILES string of the molecule is COCc1ccc(C(=O)NCC(C(C)C)N2CCc3ccccc3C2)cc1. The minimum Gasteiger partial charge on any atom is -0.380 e. The van der Waals surface area contributed by atoms with Crippen LogP contribution >= 0.6 is 0 Å². The van der Waals surface area contributed by atoms with E-state index in [1.54, 1.807) is 7.11 Å². The number of methoxy groups -OCH3 is 1. The number of nitrogens with zero attached hydrogens (tertiary/aromatic N) is 1. The summed E-state index contributed by atoms with van der Waals surface area (Å²) in [7, 11) is 1.67. The molecule has 2 aromatic carbocycles. The zero-order valence-electron chi connectivity index (χ0n) is 16.6. The highest BCUT2D eigenvalue weighted by Crippen LogP contribution is 2.22. The number of amides is 1. The van der Waals surface area contributed by atoms with Crippen molar-refractivity contribution in [3.8, 4) is 0 Å². The van der Waals surface area contributed by atoms with Gasteiger partial charge < -0.3 is 10.1 Å². The zero-order valence-corrected chi connectivity index (χ0v) is 16.6. The molecule has 1 heterocycles. The molecular formula is C23H30N2O2. The van der Waals surface area contributed by atoms with Gasteiger partial charge in [-0.2, -0.15) is 0 Å². The molecule has 4 heteroatoms. The van der Waals surface area contributed by atoms with Crippen LogP contribution in [0.1, 0.15) is 40.9 Å². The first-order valence-corrected chi connectivity index (χ1v) is 9.75. The van der Waals surface area contributed by atoms with E-state index >= 15 is 0 Å². The molecule has 3 rings (SSSR count). The normalized spacial score (nSPS) is 15.4. The molecule has 1 atom stereocenters. The molecule has 1 unspecified atom stereocenters. The Morgan fingerprint density at radius 1 is 1.11 bits per heavy atom. The number of rotatable bonds is 7. The maximum Gasteiger partial charge on any atom is 0.251 e. The van der Waals surface area contributed by atoms with Crippen molar-refractivity contribution < 1.29 is 9.53 Å². The smallest absolute Gasteiger partial charge is 0.251 e. The van der Waals surface area contributed by atoms with Gasteiger partial charge in [0.15, 0.2) is 0 Å². The Labute approximate surface area is 162 Å². The van der Waals surface area contributed by atoms with E-state index in [1.807, 2.05) is 24.3 Å². The third-order valence-corrected chi connectivity index (χ3v) is 5.40. The summed E-state index contributed by atoms with van der Waals surface area (Å²) in [6.07, 6.45) is 1.08. The summed E-state index contributed by atoms with van der Waals surface area (Å²) in [6.45, 7) is 7.70. The standard InChI is InChI=1S/C23H30N2O2/c1-17(2)22(25-13-12-19-6-4-5-7-21(19)15-25)14-24-23(26)20-10-8-18(9-11-20)16-27-3/h4-11,17,22H,12-16H2,1-3H3,(H,24,26). The van der Waals surface area contributed by atoms with Crippen LogP contribution in [-0.4, -0.2) is 37.0 Å². The van der Waals surface area contributed by atoms with Crippen molar-refractivity contribution in [2.45, 2.75) is 39.5 Å². The first-order valence-electron chi connectivity index (χ1n) is 9.75. The van der Waals surface area contributed by atoms with Gasteiger partial charge in [-0.05, 0) is 41.2 Å². The van der Waals surface area contributed by atoms with Gasteiger partial charge >= 0.3 is 0 Å². The monoisotopic (exact) mass is 366 g/mol. The molecule has 1 N–H and O–H groups in total. The van der Waals surface area contributed by atoms with Crippen LogP contribution in [-0.2, 0) is 24.3 Å². The van der Waals surface area contributed by atoms with E-state index < -0.39 is 0 Å². The summed E-state index contributed by atoms with van der Waals surface area (Å²) in [6, 6.07) is 16.6. The van der Waals surface area contributed by atoms with Crippen molar-refractivity contribution in [1.82, 2.24) is 10.2 Å². The second-order valence-corrected chi connectivity index (χ2v) is 7.64. The molecule has 0 spiro atoms. The number of nitrogens with one attached hydrogen (secondary N) is 1. The van der Waals surface area contributed by atoms with Crippen LogP contribution in [0.5, 0.6) is 0 Å². The molecule has 2 aromatic rings. The topological polar surface area (TPSA) is 41.6 Å². The number of carbonyl (C=O) groups excluding carboxylic acids is 1.